The van der Waals surface area contributed by atoms with Gasteiger partial charge in [-0.3, -0.25) is 0 Å². The summed E-state index contributed by atoms with van der Waals surface area (Å²) in [5.74, 6) is 0. The molecule has 1 N–H and O–H groups in total. The molecule has 0 aromatic heterocycles. The maximum atomic E-state index is 8.97. The molecule has 0 bridgehead atoms. The normalized spacial score (nSPS) is 13.2. The van der Waals surface area contributed by atoms with Gasteiger partial charge < -0.3 is 10.0 Å². The third kappa shape index (κ3) is 3.08. The molecule has 1 aromatic carbocycles. The topological polar surface area (TPSA) is 23.5 Å². The lowest BCUT2D eigenvalue weighted by molar-refractivity contribution is 0.211. The summed E-state index contributed by atoms with van der Waals surface area (Å²) >= 11 is 3.41. The maximum absolute atomic E-state index is 8.97. The Hall–Kier alpha value is -0.380. The molecule has 14 heavy (non-hydrogen) atoms. The predicted octanol–water partition coefficient (Wildman–Crippen LogP) is 2.43. The Bertz CT molecular complexity index is 271. The number of rotatable bonds is 4. The smallest absolute Gasteiger partial charge is 0.0449 e. The van der Waals surface area contributed by atoms with Crippen LogP contribution < -0.4 is 0 Å². The van der Waals surface area contributed by atoms with Crippen molar-refractivity contribution < 1.29 is 5.11 Å². The second kappa shape index (κ2) is 5.49. The standard InChI is InChI=1S/C11H16BrNO/c1-13(2)11(7-8-14)9-3-5-10(12)6-4-9/h3-6,11,14H,7-8H2,1-2H3. The first-order valence-electron chi connectivity index (χ1n) is 4.68. The van der Waals surface area contributed by atoms with Crippen molar-refractivity contribution >= 4 is 15.9 Å². The number of aliphatic hydroxyl groups is 1. The van der Waals surface area contributed by atoms with Crippen LogP contribution in [-0.2, 0) is 0 Å². The van der Waals surface area contributed by atoms with Crippen molar-refractivity contribution in [3.05, 3.63) is 34.3 Å². The van der Waals surface area contributed by atoms with Crippen LogP contribution in [0.15, 0.2) is 28.7 Å². The van der Waals surface area contributed by atoms with Crippen LogP contribution in [0, 0.1) is 0 Å². The molecule has 1 rings (SSSR count). The van der Waals surface area contributed by atoms with Gasteiger partial charge in [-0.2, -0.15) is 0 Å². The van der Waals surface area contributed by atoms with Crippen LogP contribution in [0.5, 0.6) is 0 Å². The molecule has 1 unspecified atom stereocenters. The van der Waals surface area contributed by atoms with E-state index in [0.717, 1.165) is 10.9 Å². The molecule has 0 heterocycles. The van der Waals surface area contributed by atoms with Crippen LogP contribution in [-0.4, -0.2) is 30.7 Å². The van der Waals surface area contributed by atoms with E-state index in [9.17, 15) is 0 Å². The summed E-state index contributed by atoms with van der Waals surface area (Å²) in [6, 6.07) is 8.54. The fourth-order valence-electron chi connectivity index (χ4n) is 1.53. The lowest BCUT2D eigenvalue weighted by atomic mass is 10.0. The lowest BCUT2D eigenvalue weighted by Crippen LogP contribution is -2.20. The van der Waals surface area contributed by atoms with Crippen LogP contribution in [0.1, 0.15) is 18.0 Å². The molecule has 1 aromatic rings. The third-order valence-electron chi connectivity index (χ3n) is 2.28. The summed E-state index contributed by atoms with van der Waals surface area (Å²) in [5, 5.41) is 8.97. The quantitative estimate of drug-likeness (QED) is 0.896. The second-order valence-electron chi connectivity index (χ2n) is 3.54. The van der Waals surface area contributed by atoms with E-state index in [-0.39, 0.29) is 6.61 Å². The molecule has 0 aliphatic rings. The zero-order valence-electron chi connectivity index (χ0n) is 8.57. The van der Waals surface area contributed by atoms with Gasteiger partial charge in [-0.1, -0.05) is 28.1 Å². The molecule has 3 heteroatoms. The van der Waals surface area contributed by atoms with Crippen molar-refractivity contribution in [3.8, 4) is 0 Å². The van der Waals surface area contributed by atoms with Gasteiger partial charge in [-0.15, -0.1) is 0 Å². The van der Waals surface area contributed by atoms with Crippen molar-refractivity contribution in [1.82, 2.24) is 4.90 Å². The van der Waals surface area contributed by atoms with Gasteiger partial charge in [0.25, 0.3) is 0 Å². The fraction of sp³-hybridized carbons (Fsp3) is 0.455. The van der Waals surface area contributed by atoms with Crippen LogP contribution >= 0.6 is 15.9 Å². The Morgan fingerprint density at radius 2 is 1.86 bits per heavy atom. The first-order chi connectivity index (χ1) is 6.65. The van der Waals surface area contributed by atoms with Gasteiger partial charge in [-0.05, 0) is 38.2 Å². The van der Waals surface area contributed by atoms with E-state index in [2.05, 4.69) is 33.0 Å². The Morgan fingerprint density at radius 1 is 1.29 bits per heavy atom. The number of benzene rings is 1. The molecule has 0 spiro atoms. The second-order valence-corrected chi connectivity index (χ2v) is 4.46. The van der Waals surface area contributed by atoms with Gasteiger partial charge in [0.05, 0.1) is 0 Å². The average molecular weight is 258 g/mol. The highest BCUT2D eigenvalue weighted by atomic mass is 79.9. The number of halogens is 1. The average Bonchev–Trinajstić information content (AvgIpc) is 2.15. The fourth-order valence-corrected chi connectivity index (χ4v) is 1.79. The Morgan fingerprint density at radius 3 is 2.29 bits per heavy atom. The zero-order valence-corrected chi connectivity index (χ0v) is 10.2. The Balaban J connectivity index is 2.82. The summed E-state index contributed by atoms with van der Waals surface area (Å²) in [7, 11) is 4.06. The third-order valence-corrected chi connectivity index (χ3v) is 2.81. The van der Waals surface area contributed by atoms with Gasteiger partial charge >= 0.3 is 0 Å². The summed E-state index contributed by atoms with van der Waals surface area (Å²) < 4.78 is 1.09. The Kier molecular flexibility index (Phi) is 4.58. The summed E-state index contributed by atoms with van der Waals surface area (Å²) in [4.78, 5) is 2.12. The van der Waals surface area contributed by atoms with Crippen molar-refractivity contribution in [2.75, 3.05) is 20.7 Å². The van der Waals surface area contributed by atoms with Gasteiger partial charge in [0.1, 0.15) is 0 Å². The number of hydrogen-bond donors (Lipinski definition) is 1. The molecule has 2 nitrogen and oxygen atoms in total. The van der Waals surface area contributed by atoms with E-state index in [1.54, 1.807) is 0 Å². The molecule has 1 atom stereocenters. The largest absolute Gasteiger partial charge is 0.396 e. The molecule has 0 saturated carbocycles. The van der Waals surface area contributed by atoms with E-state index in [1.165, 1.54) is 5.56 Å². The van der Waals surface area contributed by atoms with E-state index in [0.29, 0.717) is 6.04 Å². The molecule has 0 radical (unpaired) electrons. The Labute approximate surface area is 93.7 Å². The van der Waals surface area contributed by atoms with E-state index in [4.69, 9.17) is 5.11 Å². The van der Waals surface area contributed by atoms with Crippen molar-refractivity contribution in [3.63, 3.8) is 0 Å². The van der Waals surface area contributed by atoms with Gasteiger partial charge in [0.15, 0.2) is 0 Å². The monoisotopic (exact) mass is 257 g/mol. The lowest BCUT2D eigenvalue weighted by Gasteiger charge is -2.23. The van der Waals surface area contributed by atoms with Crippen LogP contribution in [0.4, 0.5) is 0 Å². The summed E-state index contributed by atoms with van der Waals surface area (Å²) in [5.41, 5.74) is 1.24. The minimum absolute atomic E-state index is 0.221. The molecule has 0 aliphatic carbocycles. The van der Waals surface area contributed by atoms with E-state index in [1.807, 2.05) is 26.2 Å². The number of nitrogens with zero attached hydrogens (tertiary/aromatic N) is 1. The zero-order chi connectivity index (χ0) is 10.6. The molecule has 0 fully saturated rings. The van der Waals surface area contributed by atoms with Crippen LogP contribution in [0.25, 0.3) is 0 Å². The maximum Gasteiger partial charge on any atom is 0.0449 e. The molecule has 0 amide bonds. The molecule has 0 saturated heterocycles. The first kappa shape index (κ1) is 11.7. The van der Waals surface area contributed by atoms with Crippen molar-refractivity contribution in [2.45, 2.75) is 12.5 Å². The highest BCUT2D eigenvalue weighted by Gasteiger charge is 2.12. The highest BCUT2D eigenvalue weighted by molar-refractivity contribution is 9.10. The van der Waals surface area contributed by atoms with E-state index < -0.39 is 0 Å². The highest BCUT2D eigenvalue weighted by Crippen LogP contribution is 2.23. The van der Waals surface area contributed by atoms with Crippen LogP contribution in [0.3, 0.4) is 0 Å². The summed E-state index contributed by atoms with van der Waals surface area (Å²) in [6.45, 7) is 0.221. The minimum atomic E-state index is 0.221. The van der Waals surface area contributed by atoms with E-state index >= 15 is 0 Å². The molecule has 78 valence electrons. The van der Waals surface area contributed by atoms with Crippen molar-refractivity contribution in [2.24, 2.45) is 0 Å². The van der Waals surface area contributed by atoms with Gasteiger partial charge in [-0.25, -0.2) is 0 Å². The van der Waals surface area contributed by atoms with Gasteiger partial charge in [0.2, 0.25) is 0 Å². The van der Waals surface area contributed by atoms with Crippen molar-refractivity contribution in [1.29, 1.82) is 0 Å². The number of hydrogen-bond acceptors (Lipinski definition) is 2. The first-order valence-corrected chi connectivity index (χ1v) is 5.47. The molecule has 0 aliphatic heterocycles. The SMILES string of the molecule is CN(C)C(CCO)c1ccc(Br)cc1. The molecular weight excluding hydrogens is 242 g/mol. The summed E-state index contributed by atoms with van der Waals surface area (Å²) in [6.07, 6.45) is 0.772. The van der Waals surface area contributed by atoms with Gasteiger partial charge in [0, 0.05) is 17.1 Å². The van der Waals surface area contributed by atoms with Crippen LogP contribution in [0.2, 0.25) is 0 Å². The minimum Gasteiger partial charge on any atom is -0.396 e. The predicted molar refractivity (Wildman–Crippen MR) is 62.3 cm³/mol. The molecular formula is C11H16BrNO. The number of aliphatic hydroxyl groups excluding tert-OH is 1.